The fourth-order valence-corrected chi connectivity index (χ4v) is 5.08. The summed E-state index contributed by atoms with van der Waals surface area (Å²) in [5.74, 6) is 2.09. The lowest BCUT2D eigenvalue weighted by atomic mass is 10.00. The molecule has 3 fully saturated rings. The number of rotatable bonds is 7. The van der Waals surface area contributed by atoms with E-state index in [4.69, 9.17) is 4.74 Å². The van der Waals surface area contributed by atoms with Crippen molar-refractivity contribution in [1.82, 2.24) is 25.0 Å². The average Bonchev–Trinajstić information content (AvgIpc) is 3.52. The number of anilines is 1. The van der Waals surface area contributed by atoms with Gasteiger partial charge in [0.1, 0.15) is 0 Å². The molecule has 0 atom stereocenters. The van der Waals surface area contributed by atoms with Crippen LogP contribution in [0.5, 0.6) is 0 Å². The lowest BCUT2D eigenvalue weighted by Crippen LogP contribution is -2.47. The van der Waals surface area contributed by atoms with Crippen molar-refractivity contribution >= 4 is 29.7 Å². The van der Waals surface area contributed by atoms with Crippen LogP contribution in [0.3, 0.4) is 0 Å². The second-order valence-corrected chi connectivity index (χ2v) is 9.81. The van der Waals surface area contributed by atoms with Crippen LogP contribution in [0.15, 0.2) is 5.16 Å². The van der Waals surface area contributed by atoms with Gasteiger partial charge in [-0.25, -0.2) is 4.79 Å². The maximum Gasteiger partial charge on any atom is 0.409 e. The molecule has 172 valence electrons. The molecular weight excluding hydrogens is 416 g/mol. The summed E-state index contributed by atoms with van der Waals surface area (Å²) in [6.07, 6.45) is 5.95. The van der Waals surface area contributed by atoms with Crippen LogP contribution in [0.25, 0.3) is 0 Å². The first-order valence-corrected chi connectivity index (χ1v) is 12.6. The second kappa shape index (κ2) is 10.1. The van der Waals surface area contributed by atoms with Crippen LogP contribution in [0.4, 0.5) is 10.7 Å². The first-order valence-electron chi connectivity index (χ1n) is 11.6. The normalized spacial score (nSPS) is 20.7. The fourth-order valence-electron chi connectivity index (χ4n) is 4.26. The predicted molar refractivity (Wildman–Crippen MR) is 119 cm³/mol. The van der Waals surface area contributed by atoms with Crippen molar-refractivity contribution in [3.05, 3.63) is 0 Å². The molecule has 1 aromatic rings. The lowest BCUT2D eigenvalue weighted by Gasteiger charge is -2.31. The van der Waals surface area contributed by atoms with Crippen molar-refractivity contribution in [2.45, 2.75) is 69.6 Å². The molecule has 2 amide bonds. The van der Waals surface area contributed by atoms with Crippen LogP contribution in [-0.4, -0.2) is 76.2 Å². The van der Waals surface area contributed by atoms with Gasteiger partial charge in [0.25, 0.3) is 0 Å². The van der Waals surface area contributed by atoms with Gasteiger partial charge in [-0.05, 0) is 51.4 Å². The minimum Gasteiger partial charge on any atom is -0.450 e. The van der Waals surface area contributed by atoms with E-state index >= 15 is 0 Å². The highest BCUT2D eigenvalue weighted by atomic mass is 32.2. The van der Waals surface area contributed by atoms with Gasteiger partial charge in [0, 0.05) is 38.3 Å². The Morgan fingerprint density at radius 2 is 1.77 bits per heavy atom. The standard InChI is InChI=1S/C21H34N6O3S/c1-3-30-21(29)26-12-8-16(9-13-26)22-18(28)14-31-20-24-23-19(27(20)17-4-5-17)25-10-6-15(2)7-11-25/h15-17H,3-14H2,1-2H3,(H,22,28). The zero-order chi connectivity index (χ0) is 21.8. The molecule has 0 spiro atoms. The fraction of sp³-hybridized carbons (Fsp3) is 0.810. The van der Waals surface area contributed by atoms with Crippen LogP contribution >= 0.6 is 11.8 Å². The Labute approximate surface area is 188 Å². The molecule has 9 nitrogen and oxygen atoms in total. The maximum atomic E-state index is 12.5. The Hall–Kier alpha value is -1.97. The molecule has 2 saturated heterocycles. The molecule has 0 unspecified atom stereocenters. The third-order valence-corrected chi connectivity index (χ3v) is 7.29. The first kappa shape index (κ1) is 22.2. The van der Waals surface area contributed by atoms with Crippen molar-refractivity contribution in [3.63, 3.8) is 0 Å². The van der Waals surface area contributed by atoms with Gasteiger partial charge in [-0.2, -0.15) is 0 Å². The van der Waals surface area contributed by atoms with Crippen molar-refractivity contribution in [1.29, 1.82) is 0 Å². The molecule has 3 aliphatic rings. The molecular formula is C21H34N6O3S. The number of thioether (sulfide) groups is 1. The SMILES string of the molecule is CCOC(=O)N1CCC(NC(=O)CSc2nnc(N3CCC(C)CC3)n2C2CC2)CC1. The highest BCUT2D eigenvalue weighted by Gasteiger charge is 2.33. The van der Waals surface area contributed by atoms with Crippen molar-refractivity contribution in [2.75, 3.05) is 43.4 Å². The average molecular weight is 451 g/mol. The third-order valence-electron chi connectivity index (χ3n) is 6.34. The number of ether oxygens (including phenoxy) is 1. The molecule has 31 heavy (non-hydrogen) atoms. The molecule has 1 N–H and O–H groups in total. The molecule has 10 heteroatoms. The molecule has 1 aromatic heterocycles. The van der Waals surface area contributed by atoms with E-state index in [0.29, 0.717) is 31.5 Å². The van der Waals surface area contributed by atoms with E-state index in [9.17, 15) is 9.59 Å². The maximum absolute atomic E-state index is 12.5. The van der Waals surface area contributed by atoms with Gasteiger partial charge in [0.15, 0.2) is 5.16 Å². The molecule has 1 aliphatic carbocycles. The third kappa shape index (κ3) is 5.64. The zero-order valence-corrected chi connectivity index (χ0v) is 19.4. The van der Waals surface area contributed by atoms with Crippen LogP contribution in [0.2, 0.25) is 0 Å². The number of amides is 2. The van der Waals surface area contributed by atoms with E-state index in [1.807, 2.05) is 6.92 Å². The van der Waals surface area contributed by atoms with E-state index in [1.165, 1.54) is 24.6 Å². The molecule has 0 aromatic carbocycles. The number of carbonyl (C=O) groups excluding carboxylic acids is 2. The summed E-state index contributed by atoms with van der Waals surface area (Å²) >= 11 is 1.48. The van der Waals surface area contributed by atoms with Gasteiger partial charge in [-0.1, -0.05) is 18.7 Å². The monoisotopic (exact) mass is 450 g/mol. The largest absolute Gasteiger partial charge is 0.450 e. The van der Waals surface area contributed by atoms with E-state index in [1.54, 1.807) is 4.90 Å². The predicted octanol–water partition coefficient (Wildman–Crippen LogP) is 2.68. The highest BCUT2D eigenvalue weighted by Crippen LogP contribution is 2.41. The number of aromatic nitrogens is 3. The Kier molecular flexibility index (Phi) is 7.24. The number of hydrogen-bond acceptors (Lipinski definition) is 7. The number of nitrogens with zero attached hydrogens (tertiary/aromatic N) is 5. The van der Waals surface area contributed by atoms with Gasteiger partial charge >= 0.3 is 6.09 Å². The number of carbonyl (C=O) groups is 2. The van der Waals surface area contributed by atoms with Crippen LogP contribution in [0.1, 0.15) is 58.4 Å². The zero-order valence-electron chi connectivity index (χ0n) is 18.6. The van der Waals surface area contributed by atoms with Crippen molar-refractivity contribution in [2.24, 2.45) is 5.92 Å². The van der Waals surface area contributed by atoms with E-state index in [-0.39, 0.29) is 18.0 Å². The highest BCUT2D eigenvalue weighted by molar-refractivity contribution is 7.99. The van der Waals surface area contributed by atoms with E-state index in [2.05, 4.69) is 31.9 Å². The van der Waals surface area contributed by atoms with Gasteiger partial charge in [-0.3, -0.25) is 9.36 Å². The van der Waals surface area contributed by atoms with Crippen LogP contribution in [0, 0.1) is 5.92 Å². The number of piperidine rings is 2. The molecule has 1 saturated carbocycles. The first-order chi connectivity index (χ1) is 15.0. The van der Waals surface area contributed by atoms with Crippen molar-refractivity contribution in [3.8, 4) is 0 Å². The molecule has 0 bridgehead atoms. The molecule has 2 aliphatic heterocycles. The number of nitrogens with one attached hydrogen (secondary N) is 1. The summed E-state index contributed by atoms with van der Waals surface area (Å²) in [5, 5.41) is 12.9. The number of likely N-dealkylation sites (tertiary alicyclic amines) is 1. The minimum absolute atomic E-state index is 0.0123. The Morgan fingerprint density at radius 3 is 2.42 bits per heavy atom. The Morgan fingerprint density at radius 1 is 1.06 bits per heavy atom. The minimum atomic E-state index is -0.263. The quantitative estimate of drug-likeness (QED) is 0.639. The summed E-state index contributed by atoms with van der Waals surface area (Å²) in [6.45, 7) is 7.79. The summed E-state index contributed by atoms with van der Waals surface area (Å²) in [5.41, 5.74) is 0. The van der Waals surface area contributed by atoms with Crippen LogP contribution in [-0.2, 0) is 9.53 Å². The summed E-state index contributed by atoms with van der Waals surface area (Å²) in [7, 11) is 0. The van der Waals surface area contributed by atoms with Crippen LogP contribution < -0.4 is 10.2 Å². The smallest absolute Gasteiger partial charge is 0.409 e. The second-order valence-electron chi connectivity index (χ2n) is 8.87. The summed E-state index contributed by atoms with van der Waals surface area (Å²) < 4.78 is 7.31. The molecule has 3 heterocycles. The number of hydrogen-bond donors (Lipinski definition) is 1. The van der Waals surface area contributed by atoms with Crippen molar-refractivity contribution < 1.29 is 14.3 Å². The van der Waals surface area contributed by atoms with Gasteiger partial charge in [0.2, 0.25) is 11.9 Å². The molecule has 4 rings (SSSR count). The van der Waals surface area contributed by atoms with Gasteiger partial charge in [-0.15, -0.1) is 10.2 Å². The molecule has 0 radical (unpaired) electrons. The van der Waals surface area contributed by atoms with E-state index < -0.39 is 0 Å². The Bertz CT molecular complexity index is 767. The van der Waals surface area contributed by atoms with E-state index in [0.717, 1.165) is 55.8 Å². The van der Waals surface area contributed by atoms with Gasteiger partial charge in [0.05, 0.1) is 12.4 Å². The summed E-state index contributed by atoms with van der Waals surface area (Å²) in [6, 6.07) is 0.577. The topological polar surface area (TPSA) is 92.6 Å². The lowest BCUT2D eigenvalue weighted by molar-refractivity contribution is -0.119. The van der Waals surface area contributed by atoms with Gasteiger partial charge < -0.3 is 19.9 Å². The summed E-state index contributed by atoms with van der Waals surface area (Å²) in [4.78, 5) is 28.4. The Balaban J connectivity index is 1.27.